The number of nitro benzene ring substituents is 1. The van der Waals surface area contributed by atoms with Gasteiger partial charge in [-0.25, -0.2) is 9.59 Å². The molecule has 0 bridgehead atoms. The van der Waals surface area contributed by atoms with E-state index in [4.69, 9.17) is 18.6 Å². The molecule has 0 fully saturated rings. The number of allylic oxidation sites excluding steroid dienone is 2. The molecule has 5 rings (SSSR count). The minimum Gasteiger partial charge on any atom is -0.507 e. The summed E-state index contributed by atoms with van der Waals surface area (Å²) in [6, 6.07) is 9.09. The summed E-state index contributed by atoms with van der Waals surface area (Å²) in [5, 5.41) is 25.0. The largest absolute Gasteiger partial charge is 0.507 e. The molecule has 12 heteroatoms. The number of phenols is 1. The summed E-state index contributed by atoms with van der Waals surface area (Å²) in [7, 11) is 2.42. The number of benzene rings is 2. The highest BCUT2D eigenvalue weighted by atomic mass is 16.6. The Morgan fingerprint density at radius 1 is 1.05 bits per heavy atom. The lowest BCUT2D eigenvalue weighted by atomic mass is 9.79. The number of phenolic OH excluding ortho intramolecular Hbond substituents is 1. The summed E-state index contributed by atoms with van der Waals surface area (Å²) in [5.74, 6) is -0.732. The van der Waals surface area contributed by atoms with Gasteiger partial charge in [-0.15, -0.1) is 0 Å². The van der Waals surface area contributed by atoms with E-state index in [1.165, 1.54) is 38.5 Å². The zero-order valence-corrected chi connectivity index (χ0v) is 25.3. The number of ether oxygens (including phenoxy) is 3. The average molecular weight is 607 g/mol. The van der Waals surface area contributed by atoms with Crippen molar-refractivity contribution in [2.75, 3.05) is 20.8 Å². The Kier molecular flexibility index (Phi) is 9.41. The van der Waals surface area contributed by atoms with E-state index in [2.05, 4.69) is 12.2 Å². The van der Waals surface area contributed by atoms with Crippen molar-refractivity contribution in [3.05, 3.63) is 96.2 Å². The quantitative estimate of drug-likeness (QED) is 0.234. The second kappa shape index (κ2) is 13.0. The van der Waals surface area contributed by atoms with Crippen molar-refractivity contribution in [2.24, 2.45) is 5.92 Å². The van der Waals surface area contributed by atoms with Crippen LogP contribution in [0.5, 0.6) is 11.5 Å². The van der Waals surface area contributed by atoms with Gasteiger partial charge in [0.15, 0.2) is 5.43 Å². The molecule has 0 saturated heterocycles. The molecule has 3 heterocycles. The number of methoxy groups -OCH3 is 2. The molecular formula is C32H34N2O10. The third kappa shape index (κ3) is 6.14. The SMILES string of the molecule is COC(=O)C1=C(C)NC(C)=C(C(=O)OC)C1c1ccccc1[N+](=O)[O-].Cc1cc(=O)c2c(O)c3c(cc2o1)OCC(C)CC3. The number of nitro groups is 1. The third-order valence-corrected chi connectivity index (χ3v) is 7.61. The molecule has 2 aliphatic rings. The van der Waals surface area contributed by atoms with Gasteiger partial charge in [-0.1, -0.05) is 25.1 Å². The molecule has 232 valence electrons. The van der Waals surface area contributed by atoms with E-state index in [0.29, 0.717) is 53.0 Å². The van der Waals surface area contributed by atoms with E-state index in [1.807, 2.05) is 0 Å². The summed E-state index contributed by atoms with van der Waals surface area (Å²) in [6.45, 7) is 7.73. The number of aromatic hydroxyl groups is 1. The maximum Gasteiger partial charge on any atom is 0.336 e. The summed E-state index contributed by atoms with van der Waals surface area (Å²) < 4.78 is 20.9. The van der Waals surface area contributed by atoms with Gasteiger partial charge in [0, 0.05) is 40.7 Å². The van der Waals surface area contributed by atoms with Gasteiger partial charge in [0.25, 0.3) is 5.69 Å². The van der Waals surface area contributed by atoms with E-state index in [0.717, 1.165) is 6.42 Å². The normalized spacial score (nSPS) is 16.5. The minimum absolute atomic E-state index is 0.00958. The van der Waals surface area contributed by atoms with Crippen LogP contribution in [0.2, 0.25) is 0 Å². The number of hydrogen-bond acceptors (Lipinski definition) is 11. The number of esters is 2. The van der Waals surface area contributed by atoms with Crippen molar-refractivity contribution in [1.82, 2.24) is 5.32 Å². The molecule has 12 nitrogen and oxygen atoms in total. The number of nitrogens with one attached hydrogen (secondary N) is 1. The van der Waals surface area contributed by atoms with Gasteiger partial charge in [-0.3, -0.25) is 14.9 Å². The van der Waals surface area contributed by atoms with Gasteiger partial charge in [0.05, 0.1) is 42.8 Å². The smallest absolute Gasteiger partial charge is 0.336 e. The van der Waals surface area contributed by atoms with Crippen LogP contribution in [0, 0.1) is 23.0 Å². The third-order valence-electron chi connectivity index (χ3n) is 7.61. The Labute approximate surface area is 253 Å². The predicted molar refractivity (Wildman–Crippen MR) is 160 cm³/mol. The number of para-hydroxylation sites is 1. The Morgan fingerprint density at radius 3 is 2.25 bits per heavy atom. The number of fused-ring (bicyclic) bond motifs is 2. The number of rotatable bonds is 4. The first-order valence-electron chi connectivity index (χ1n) is 13.9. The molecule has 1 unspecified atom stereocenters. The topological polar surface area (TPSA) is 167 Å². The molecule has 3 aromatic rings. The monoisotopic (exact) mass is 606 g/mol. The van der Waals surface area contributed by atoms with E-state index < -0.39 is 22.8 Å². The lowest BCUT2D eigenvalue weighted by molar-refractivity contribution is -0.385. The van der Waals surface area contributed by atoms with Crippen molar-refractivity contribution < 1.29 is 38.2 Å². The highest BCUT2D eigenvalue weighted by Crippen LogP contribution is 2.42. The van der Waals surface area contributed by atoms with Crippen LogP contribution in [-0.4, -0.2) is 42.8 Å². The molecule has 2 aliphatic heterocycles. The lowest BCUT2D eigenvalue weighted by Gasteiger charge is -2.29. The molecule has 0 aliphatic carbocycles. The van der Waals surface area contributed by atoms with Crippen LogP contribution in [0.25, 0.3) is 11.0 Å². The fourth-order valence-electron chi connectivity index (χ4n) is 5.48. The fraction of sp³-hybridized carbons (Fsp3) is 0.344. The van der Waals surface area contributed by atoms with Crippen molar-refractivity contribution in [2.45, 2.75) is 46.5 Å². The number of carbonyl (C=O) groups excluding carboxylic acids is 2. The predicted octanol–water partition coefficient (Wildman–Crippen LogP) is 4.94. The number of nitrogens with zero attached hydrogens (tertiary/aromatic N) is 1. The Balaban J connectivity index is 0.000000208. The fourth-order valence-corrected chi connectivity index (χ4v) is 5.48. The van der Waals surface area contributed by atoms with Crippen LogP contribution in [0.15, 0.2) is 68.2 Å². The molecule has 2 N–H and O–H groups in total. The highest BCUT2D eigenvalue weighted by molar-refractivity contribution is 6.00. The summed E-state index contributed by atoms with van der Waals surface area (Å²) >= 11 is 0. The van der Waals surface area contributed by atoms with Crippen molar-refractivity contribution >= 4 is 28.6 Å². The second-order valence-electron chi connectivity index (χ2n) is 10.7. The van der Waals surface area contributed by atoms with Gasteiger partial charge in [-0.2, -0.15) is 0 Å². The summed E-state index contributed by atoms with van der Waals surface area (Å²) in [6.07, 6.45) is 1.65. The van der Waals surface area contributed by atoms with Gasteiger partial charge >= 0.3 is 11.9 Å². The Morgan fingerprint density at radius 2 is 1.66 bits per heavy atom. The van der Waals surface area contributed by atoms with Crippen LogP contribution < -0.4 is 15.5 Å². The van der Waals surface area contributed by atoms with E-state index >= 15 is 0 Å². The van der Waals surface area contributed by atoms with Crippen LogP contribution in [-0.2, 0) is 25.5 Å². The van der Waals surface area contributed by atoms with Crippen LogP contribution >= 0.6 is 0 Å². The van der Waals surface area contributed by atoms with Gasteiger partial charge in [-0.05, 0) is 39.5 Å². The van der Waals surface area contributed by atoms with Gasteiger partial charge < -0.3 is 29.1 Å². The molecule has 0 radical (unpaired) electrons. The second-order valence-corrected chi connectivity index (χ2v) is 10.7. The highest BCUT2D eigenvalue weighted by Gasteiger charge is 2.40. The van der Waals surface area contributed by atoms with E-state index in [1.54, 1.807) is 32.9 Å². The lowest BCUT2D eigenvalue weighted by Crippen LogP contribution is -2.32. The average Bonchev–Trinajstić information content (AvgIpc) is 3.17. The maximum absolute atomic E-state index is 12.3. The molecule has 44 heavy (non-hydrogen) atoms. The zero-order chi connectivity index (χ0) is 32.3. The molecule has 1 atom stereocenters. The van der Waals surface area contributed by atoms with Crippen molar-refractivity contribution in [1.29, 1.82) is 0 Å². The maximum atomic E-state index is 12.3. The molecule has 0 amide bonds. The minimum atomic E-state index is -0.970. The van der Waals surface area contributed by atoms with Gasteiger partial charge in [0.1, 0.15) is 28.2 Å². The Bertz CT molecular complexity index is 1730. The molecule has 1 aromatic heterocycles. The molecule has 0 spiro atoms. The van der Waals surface area contributed by atoms with Crippen LogP contribution in [0.4, 0.5) is 5.69 Å². The van der Waals surface area contributed by atoms with E-state index in [-0.39, 0.29) is 39.0 Å². The van der Waals surface area contributed by atoms with E-state index in [9.17, 15) is 29.6 Å². The summed E-state index contributed by atoms with van der Waals surface area (Å²) in [4.78, 5) is 47.6. The molecule has 0 saturated carbocycles. The van der Waals surface area contributed by atoms with Crippen molar-refractivity contribution in [3.63, 3.8) is 0 Å². The molecular weight excluding hydrogens is 572 g/mol. The van der Waals surface area contributed by atoms with Gasteiger partial charge in [0.2, 0.25) is 0 Å². The van der Waals surface area contributed by atoms with Crippen LogP contribution in [0.3, 0.4) is 0 Å². The standard InChI is InChI=1S/C17H18N2O6.C15H16O4/c1-9-13(16(20)24-3)15(14(10(2)18-9)17(21)25-4)11-7-5-6-8-12(11)19(22)23;1-8-3-4-10-12(18-7-8)6-13-14(15(10)17)11(16)5-9(2)19-13/h5-8,15,18H,1-4H3;5-6,8,17H,3-4,7H2,1-2H3. The first-order valence-corrected chi connectivity index (χ1v) is 13.9. The number of carbonyl (C=O) groups is 2. The zero-order valence-electron chi connectivity index (χ0n) is 25.3. The Hall–Kier alpha value is -5.13. The van der Waals surface area contributed by atoms with Crippen molar-refractivity contribution in [3.8, 4) is 11.5 Å². The number of dihydropyridines is 1. The summed E-state index contributed by atoms with van der Waals surface area (Å²) in [5.41, 5.74) is 2.08. The van der Waals surface area contributed by atoms with Crippen LogP contribution in [0.1, 0.15) is 50.0 Å². The number of hydrogen-bond donors (Lipinski definition) is 2. The molecule has 2 aromatic carbocycles. The number of aryl methyl sites for hydroxylation is 1. The first kappa shape index (κ1) is 31.8. The first-order chi connectivity index (χ1) is 20.9.